The molecule has 0 radical (unpaired) electrons. The number of rotatable bonds is 9. The number of hydrogen-bond acceptors (Lipinski definition) is 5. The molecule has 0 unspecified atom stereocenters. The van der Waals surface area contributed by atoms with Crippen molar-refractivity contribution in [3.63, 3.8) is 0 Å². The first-order valence-corrected chi connectivity index (χ1v) is 12.9. The third kappa shape index (κ3) is 7.30. The molecule has 0 aliphatic rings. The molecule has 1 heterocycles. The fourth-order valence-corrected chi connectivity index (χ4v) is 4.36. The number of benzene rings is 3. The van der Waals surface area contributed by atoms with Crippen LogP contribution in [0.2, 0.25) is 5.02 Å². The fraction of sp³-hybridized carbons (Fsp3) is 0.143. The van der Waals surface area contributed by atoms with Crippen molar-refractivity contribution in [2.75, 3.05) is 29.9 Å². The van der Waals surface area contributed by atoms with Crippen LogP contribution in [-0.4, -0.2) is 42.6 Å². The van der Waals surface area contributed by atoms with Crippen molar-refractivity contribution in [3.05, 3.63) is 100 Å². The van der Waals surface area contributed by atoms with Crippen LogP contribution in [0.3, 0.4) is 0 Å². The van der Waals surface area contributed by atoms with Gasteiger partial charge in [-0.2, -0.15) is 0 Å². The number of nitrogens with zero attached hydrogens (tertiary/aromatic N) is 2. The normalized spacial score (nSPS) is 10.6. The van der Waals surface area contributed by atoms with E-state index in [1.807, 2.05) is 36.4 Å². The lowest BCUT2D eigenvalue weighted by Crippen LogP contribution is -2.37. The van der Waals surface area contributed by atoms with E-state index in [1.165, 1.54) is 11.1 Å². The SMILES string of the molecule is O=C(Nc1cccc2ccccc12)OCCN(C(=O)CCNC(=O)c1cncc(Br)c1)c1cccc(Cl)c1. The smallest absolute Gasteiger partial charge is 0.411 e. The highest BCUT2D eigenvalue weighted by Crippen LogP contribution is 2.23. The Bertz CT molecular complexity index is 1460. The maximum absolute atomic E-state index is 13.1. The highest BCUT2D eigenvalue weighted by molar-refractivity contribution is 9.10. The molecular formula is C28H24BrClN4O4. The molecule has 10 heteroatoms. The summed E-state index contributed by atoms with van der Waals surface area (Å²) in [6.07, 6.45) is 2.42. The number of fused-ring (bicyclic) bond motifs is 1. The second kappa shape index (κ2) is 13.0. The van der Waals surface area contributed by atoms with Gasteiger partial charge in [-0.3, -0.25) is 19.9 Å². The molecule has 2 N–H and O–H groups in total. The second-order valence-corrected chi connectivity index (χ2v) is 9.56. The monoisotopic (exact) mass is 594 g/mol. The second-order valence-electron chi connectivity index (χ2n) is 8.21. The predicted octanol–water partition coefficient (Wildman–Crippen LogP) is 6.05. The van der Waals surface area contributed by atoms with E-state index in [1.54, 1.807) is 42.6 Å². The maximum atomic E-state index is 13.1. The number of aromatic nitrogens is 1. The zero-order chi connectivity index (χ0) is 26.9. The van der Waals surface area contributed by atoms with Gasteiger partial charge in [-0.05, 0) is 51.6 Å². The lowest BCUT2D eigenvalue weighted by Gasteiger charge is -2.23. The number of carbonyl (C=O) groups is 3. The Hall–Kier alpha value is -3.95. The standard InChI is InChI=1S/C28H24BrClN4O4/c29-21-15-20(17-31-18-21)27(36)32-12-11-26(35)34(23-8-4-7-22(30)16-23)13-14-38-28(37)33-25-10-3-6-19-5-1-2-9-24(19)25/h1-10,15-18H,11-14H2,(H,32,36)(H,33,37). The number of anilines is 2. The van der Waals surface area contributed by atoms with Crippen LogP contribution in [0.5, 0.6) is 0 Å². The third-order valence-corrected chi connectivity index (χ3v) is 6.26. The van der Waals surface area contributed by atoms with Gasteiger partial charge in [-0.1, -0.05) is 54.1 Å². The van der Waals surface area contributed by atoms with Gasteiger partial charge in [0.1, 0.15) is 6.61 Å². The largest absolute Gasteiger partial charge is 0.447 e. The van der Waals surface area contributed by atoms with Crippen LogP contribution in [0.4, 0.5) is 16.2 Å². The van der Waals surface area contributed by atoms with Gasteiger partial charge in [0.15, 0.2) is 0 Å². The molecule has 8 nitrogen and oxygen atoms in total. The van der Waals surface area contributed by atoms with Crippen molar-refractivity contribution < 1.29 is 19.1 Å². The van der Waals surface area contributed by atoms with Crippen molar-refractivity contribution in [3.8, 4) is 0 Å². The van der Waals surface area contributed by atoms with Crippen LogP contribution >= 0.6 is 27.5 Å². The number of halogens is 2. The molecule has 3 aromatic carbocycles. The zero-order valence-corrected chi connectivity index (χ0v) is 22.5. The van der Waals surface area contributed by atoms with Gasteiger partial charge < -0.3 is 15.0 Å². The molecule has 194 valence electrons. The predicted molar refractivity (Wildman–Crippen MR) is 152 cm³/mol. The Morgan fingerprint density at radius 1 is 0.974 bits per heavy atom. The van der Waals surface area contributed by atoms with E-state index in [0.717, 1.165) is 10.8 Å². The Labute approximate surface area is 233 Å². The lowest BCUT2D eigenvalue weighted by molar-refractivity contribution is -0.118. The molecule has 38 heavy (non-hydrogen) atoms. The summed E-state index contributed by atoms with van der Waals surface area (Å²) >= 11 is 9.42. The van der Waals surface area contributed by atoms with Crippen LogP contribution in [0.25, 0.3) is 10.8 Å². The summed E-state index contributed by atoms with van der Waals surface area (Å²) in [6, 6.07) is 21.8. The van der Waals surface area contributed by atoms with Crippen molar-refractivity contribution in [1.29, 1.82) is 0 Å². The molecule has 0 aliphatic carbocycles. The molecule has 3 amide bonds. The molecule has 0 fully saturated rings. The van der Waals surface area contributed by atoms with E-state index in [2.05, 4.69) is 31.5 Å². The molecule has 1 aromatic heterocycles. The van der Waals surface area contributed by atoms with Crippen LogP contribution in [0.15, 0.2) is 89.7 Å². The lowest BCUT2D eigenvalue weighted by atomic mass is 10.1. The average Bonchev–Trinajstić information content (AvgIpc) is 2.91. The number of amides is 3. The average molecular weight is 596 g/mol. The highest BCUT2D eigenvalue weighted by atomic mass is 79.9. The summed E-state index contributed by atoms with van der Waals surface area (Å²) in [5.74, 6) is -0.604. The zero-order valence-electron chi connectivity index (χ0n) is 20.2. The molecule has 0 atom stereocenters. The van der Waals surface area contributed by atoms with E-state index in [0.29, 0.717) is 26.4 Å². The summed E-state index contributed by atoms with van der Waals surface area (Å²) in [4.78, 5) is 43.4. The maximum Gasteiger partial charge on any atom is 0.411 e. The summed E-state index contributed by atoms with van der Waals surface area (Å²) in [7, 11) is 0. The van der Waals surface area contributed by atoms with Gasteiger partial charge in [-0.25, -0.2) is 4.79 Å². The minimum Gasteiger partial charge on any atom is -0.447 e. The molecule has 4 rings (SSSR count). The third-order valence-electron chi connectivity index (χ3n) is 5.59. The summed E-state index contributed by atoms with van der Waals surface area (Å²) in [6.45, 7) is 0.167. The molecule has 0 saturated carbocycles. The van der Waals surface area contributed by atoms with Gasteiger partial charge >= 0.3 is 6.09 Å². The molecule has 0 saturated heterocycles. The Balaban J connectivity index is 1.35. The quantitative estimate of drug-likeness (QED) is 0.245. The van der Waals surface area contributed by atoms with E-state index in [4.69, 9.17) is 16.3 Å². The van der Waals surface area contributed by atoms with Crippen molar-refractivity contribution in [1.82, 2.24) is 10.3 Å². The molecule has 0 spiro atoms. The van der Waals surface area contributed by atoms with Crippen LogP contribution in [0.1, 0.15) is 16.8 Å². The van der Waals surface area contributed by atoms with E-state index in [9.17, 15) is 14.4 Å². The topological polar surface area (TPSA) is 101 Å². The number of hydrogen-bond donors (Lipinski definition) is 2. The number of pyridine rings is 1. The first-order chi connectivity index (χ1) is 18.4. The van der Waals surface area contributed by atoms with Gasteiger partial charge in [-0.15, -0.1) is 0 Å². The summed E-state index contributed by atoms with van der Waals surface area (Å²) < 4.78 is 6.06. The number of nitrogens with one attached hydrogen (secondary N) is 2. The van der Waals surface area contributed by atoms with E-state index < -0.39 is 6.09 Å². The van der Waals surface area contributed by atoms with Crippen LogP contribution < -0.4 is 15.5 Å². The molecule has 4 aromatic rings. The van der Waals surface area contributed by atoms with Crippen molar-refractivity contribution in [2.45, 2.75) is 6.42 Å². The summed E-state index contributed by atoms with van der Waals surface area (Å²) in [5, 5.41) is 7.83. The van der Waals surface area contributed by atoms with Crippen LogP contribution in [0, 0.1) is 0 Å². The van der Waals surface area contributed by atoms with Crippen molar-refractivity contribution >= 4 is 67.6 Å². The van der Waals surface area contributed by atoms with Gasteiger partial charge in [0.2, 0.25) is 5.91 Å². The Morgan fingerprint density at radius 2 is 1.76 bits per heavy atom. The van der Waals surface area contributed by atoms with E-state index in [-0.39, 0.29) is 37.9 Å². The van der Waals surface area contributed by atoms with Gasteiger partial charge in [0, 0.05) is 45.9 Å². The number of ether oxygens (including phenoxy) is 1. The highest BCUT2D eigenvalue weighted by Gasteiger charge is 2.18. The van der Waals surface area contributed by atoms with Gasteiger partial charge in [0.05, 0.1) is 17.8 Å². The van der Waals surface area contributed by atoms with Crippen LogP contribution in [-0.2, 0) is 9.53 Å². The first kappa shape index (κ1) is 27.1. The van der Waals surface area contributed by atoms with E-state index >= 15 is 0 Å². The van der Waals surface area contributed by atoms with Gasteiger partial charge in [0.25, 0.3) is 5.91 Å². The molecule has 0 aliphatic heterocycles. The number of carbonyl (C=O) groups excluding carboxylic acids is 3. The fourth-order valence-electron chi connectivity index (χ4n) is 3.81. The first-order valence-electron chi connectivity index (χ1n) is 11.8. The van der Waals surface area contributed by atoms with Crippen molar-refractivity contribution in [2.24, 2.45) is 0 Å². The Kier molecular flexibility index (Phi) is 9.29. The minimum atomic E-state index is -0.630. The molecule has 0 bridgehead atoms. The molecular weight excluding hydrogens is 572 g/mol. The minimum absolute atomic E-state index is 0.0296. The Morgan fingerprint density at radius 3 is 2.58 bits per heavy atom. The summed E-state index contributed by atoms with van der Waals surface area (Å²) in [5.41, 5.74) is 1.57.